The fourth-order valence-electron chi connectivity index (χ4n) is 7.66. The molecule has 0 saturated carbocycles. The van der Waals surface area contributed by atoms with E-state index in [1.165, 1.54) is 69.1 Å². The molecule has 1 unspecified atom stereocenters. The molecule has 7 aromatic rings. The summed E-state index contributed by atoms with van der Waals surface area (Å²) in [6, 6.07) is 35.8. The highest BCUT2D eigenvalue weighted by Gasteiger charge is 2.32. The van der Waals surface area contributed by atoms with Crippen molar-refractivity contribution < 1.29 is 0 Å². The lowest BCUT2D eigenvalue weighted by molar-refractivity contribution is 0.850. The number of aromatic nitrogens is 2. The summed E-state index contributed by atoms with van der Waals surface area (Å²) < 4.78 is 5.17. The number of thioether (sulfide) groups is 1. The standard InChI is InChI=1S/C41H28N2S2/c1-2-10-29-28(9-1)31-12-4-7-15-38(31)45-41-22-37-34(21-35(29)41)30-11-3-6-14-36(30)43(37)27-19-26(23-42-24-27)25-17-18-33-32-13-5-8-16-39(32)44-40(33)20-25/h1-5,7-13,15-24,35,41H,6,14H2/t35?,41-/m1/s1. The number of rotatable bonds is 2. The number of pyridine rings is 1. The molecule has 0 bridgehead atoms. The third-order valence-electron chi connectivity index (χ3n) is 9.70. The van der Waals surface area contributed by atoms with Crippen LogP contribution in [0.25, 0.3) is 66.3 Å². The molecule has 1 aliphatic heterocycles. The first-order valence-corrected chi connectivity index (χ1v) is 17.4. The van der Waals surface area contributed by atoms with Gasteiger partial charge in [0, 0.05) is 64.5 Å². The third-order valence-corrected chi connectivity index (χ3v) is 12.1. The number of benzene rings is 4. The molecule has 0 radical (unpaired) electrons. The fraction of sp³-hybridized carbons (Fsp3) is 0.0976. The van der Waals surface area contributed by atoms with Gasteiger partial charge in [0.15, 0.2) is 0 Å². The van der Waals surface area contributed by atoms with Gasteiger partial charge in [-0.3, -0.25) is 4.98 Å². The Morgan fingerprint density at radius 3 is 2.56 bits per heavy atom. The second-order valence-corrected chi connectivity index (χ2v) is 14.5. The van der Waals surface area contributed by atoms with Gasteiger partial charge in [0.25, 0.3) is 0 Å². The predicted molar refractivity (Wildman–Crippen MR) is 192 cm³/mol. The van der Waals surface area contributed by atoms with Crippen molar-refractivity contribution in [2.45, 2.75) is 28.9 Å². The van der Waals surface area contributed by atoms with Crippen LogP contribution in [0.3, 0.4) is 0 Å². The van der Waals surface area contributed by atoms with Crippen LogP contribution in [0.4, 0.5) is 0 Å². The maximum atomic E-state index is 4.83. The van der Waals surface area contributed by atoms with Crippen molar-refractivity contribution in [1.29, 1.82) is 0 Å². The first-order valence-electron chi connectivity index (χ1n) is 15.7. The van der Waals surface area contributed by atoms with Gasteiger partial charge in [0.05, 0.1) is 17.2 Å². The third kappa shape index (κ3) is 3.92. The van der Waals surface area contributed by atoms with Crippen LogP contribution in [0.15, 0.2) is 120 Å². The highest BCUT2D eigenvalue weighted by Crippen LogP contribution is 2.48. The van der Waals surface area contributed by atoms with Gasteiger partial charge in [-0.25, -0.2) is 0 Å². The maximum Gasteiger partial charge on any atom is 0.0648 e. The van der Waals surface area contributed by atoms with Crippen LogP contribution in [0.2, 0.25) is 0 Å². The Balaban J connectivity index is 1.16. The van der Waals surface area contributed by atoms with Crippen LogP contribution < -0.4 is 10.6 Å². The van der Waals surface area contributed by atoms with Crippen molar-refractivity contribution in [2.75, 3.05) is 0 Å². The second kappa shape index (κ2) is 9.93. The fourth-order valence-corrected chi connectivity index (χ4v) is 10.1. The molecule has 2 aliphatic carbocycles. The summed E-state index contributed by atoms with van der Waals surface area (Å²) in [4.78, 5) is 6.18. The monoisotopic (exact) mass is 612 g/mol. The van der Waals surface area contributed by atoms with Crippen molar-refractivity contribution in [2.24, 2.45) is 0 Å². The Bertz CT molecular complexity index is 2500. The molecule has 4 heteroatoms. The minimum absolute atomic E-state index is 0.299. The smallest absolute Gasteiger partial charge is 0.0648 e. The summed E-state index contributed by atoms with van der Waals surface area (Å²) in [6.45, 7) is 0. The molecule has 0 amide bonds. The lowest BCUT2D eigenvalue weighted by Gasteiger charge is -2.23. The summed E-state index contributed by atoms with van der Waals surface area (Å²) in [5, 5.41) is 5.62. The summed E-state index contributed by atoms with van der Waals surface area (Å²) in [5.74, 6) is 0.305. The molecule has 2 nitrogen and oxygen atoms in total. The molecule has 214 valence electrons. The van der Waals surface area contributed by atoms with Crippen molar-refractivity contribution in [3.05, 3.63) is 143 Å². The van der Waals surface area contributed by atoms with Crippen LogP contribution in [0.5, 0.6) is 0 Å². The Kier molecular flexibility index (Phi) is 5.66. The molecular formula is C41H28N2S2. The van der Waals surface area contributed by atoms with E-state index in [2.05, 4.69) is 126 Å². The molecule has 45 heavy (non-hydrogen) atoms. The number of fused-ring (bicyclic) bond motifs is 11. The van der Waals surface area contributed by atoms with Crippen LogP contribution in [-0.2, 0) is 6.42 Å². The molecule has 0 saturated heterocycles. The van der Waals surface area contributed by atoms with E-state index >= 15 is 0 Å². The summed E-state index contributed by atoms with van der Waals surface area (Å²) >= 11 is 3.87. The normalized spacial score (nSPS) is 17.8. The first-order chi connectivity index (χ1) is 22.3. The van der Waals surface area contributed by atoms with E-state index in [4.69, 9.17) is 4.98 Å². The zero-order valence-electron chi connectivity index (χ0n) is 24.5. The Morgan fingerprint density at radius 2 is 1.58 bits per heavy atom. The van der Waals surface area contributed by atoms with Gasteiger partial charge in [-0.2, -0.15) is 0 Å². The number of nitrogens with zero attached hydrogens (tertiary/aromatic N) is 2. The van der Waals surface area contributed by atoms with Gasteiger partial charge >= 0.3 is 0 Å². The quantitative estimate of drug-likeness (QED) is 0.194. The first kappa shape index (κ1) is 25.7. The SMILES string of the molecule is C1=Cc2c(n(-c3cncc(-c4ccc5c(c4)sc4ccccc45)c3)c3c2=CC2c4ccccc4-c4ccccc4S[C@@H]2C=3)CC1. The summed E-state index contributed by atoms with van der Waals surface area (Å²) in [7, 11) is 0. The highest BCUT2D eigenvalue weighted by molar-refractivity contribution is 8.00. The molecule has 0 spiro atoms. The summed E-state index contributed by atoms with van der Waals surface area (Å²) in [6.07, 6.45) is 16.0. The number of thiophene rings is 1. The van der Waals surface area contributed by atoms with E-state index in [1.807, 2.05) is 35.5 Å². The topological polar surface area (TPSA) is 17.8 Å². The van der Waals surface area contributed by atoms with Crippen molar-refractivity contribution in [1.82, 2.24) is 9.55 Å². The largest absolute Gasteiger partial charge is 0.312 e. The predicted octanol–water partition coefficient (Wildman–Crippen LogP) is 9.37. The lowest BCUT2D eigenvalue weighted by atomic mass is 9.85. The van der Waals surface area contributed by atoms with Crippen molar-refractivity contribution >= 4 is 61.5 Å². The van der Waals surface area contributed by atoms with Gasteiger partial charge in [-0.1, -0.05) is 91.0 Å². The molecule has 3 aromatic heterocycles. The number of hydrogen-bond acceptors (Lipinski definition) is 3. The van der Waals surface area contributed by atoms with Crippen molar-refractivity contribution in [3.8, 4) is 27.9 Å². The zero-order valence-corrected chi connectivity index (χ0v) is 26.1. The van der Waals surface area contributed by atoms with Crippen molar-refractivity contribution in [3.63, 3.8) is 0 Å². The van der Waals surface area contributed by atoms with Crippen LogP contribution in [-0.4, -0.2) is 14.8 Å². The van der Waals surface area contributed by atoms with Gasteiger partial charge in [0.1, 0.15) is 0 Å². The minimum atomic E-state index is 0.299. The van der Waals surface area contributed by atoms with E-state index in [0.717, 1.165) is 24.1 Å². The van der Waals surface area contributed by atoms with E-state index in [-0.39, 0.29) is 0 Å². The average molecular weight is 613 g/mol. The van der Waals surface area contributed by atoms with Gasteiger partial charge < -0.3 is 4.57 Å². The molecule has 10 rings (SSSR count). The minimum Gasteiger partial charge on any atom is -0.312 e. The Hall–Kier alpha value is -4.64. The molecule has 0 fully saturated rings. The molecule has 4 aromatic carbocycles. The van der Waals surface area contributed by atoms with Crippen LogP contribution in [0, 0.1) is 0 Å². The number of hydrogen-bond donors (Lipinski definition) is 0. The van der Waals surface area contributed by atoms with Gasteiger partial charge in [-0.15, -0.1) is 23.1 Å². The molecule has 2 atom stereocenters. The molecule has 4 heterocycles. The van der Waals surface area contributed by atoms with E-state index in [9.17, 15) is 0 Å². The van der Waals surface area contributed by atoms with E-state index < -0.39 is 0 Å². The van der Waals surface area contributed by atoms with Crippen LogP contribution in [0.1, 0.15) is 29.2 Å². The molecule has 3 aliphatic rings. The number of allylic oxidation sites excluding steroid dienone is 1. The van der Waals surface area contributed by atoms with Crippen LogP contribution >= 0.6 is 23.1 Å². The van der Waals surface area contributed by atoms with Gasteiger partial charge in [-0.05, 0) is 65.4 Å². The maximum absolute atomic E-state index is 4.83. The van der Waals surface area contributed by atoms with Gasteiger partial charge in [0.2, 0.25) is 0 Å². The highest BCUT2D eigenvalue weighted by atomic mass is 32.2. The van der Waals surface area contributed by atoms with E-state index in [1.54, 1.807) is 0 Å². The Labute approximate surface area is 269 Å². The molecular weight excluding hydrogens is 585 g/mol. The Morgan fingerprint density at radius 1 is 0.733 bits per heavy atom. The summed E-state index contributed by atoms with van der Waals surface area (Å²) in [5.41, 5.74) is 10.4. The van der Waals surface area contributed by atoms with E-state index in [0.29, 0.717) is 11.2 Å². The lowest BCUT2D eigenvalue weighted by Crippen LogP contribution is -2.36. The second-order valence-electron chi connectivity index (χ2n) is 12.2. The molecule has 0 N–H and O–H groups in total. The zero-order chi connectivity index (χ0) is 29.5. The average Bonchev–Trinajstić information content (AvgIpc) is 3.58.